The van der Waals surface area contributed by atoms with Crippen molar-refractivity contribution < 1.29 is 9.18 Å². The Morgan fingerprint density at radius 2 is 1.64 bits per heavy atom. The van der Waals surface area contributed by atoms with Crippen molar-refractivity contribution in [3.8, 4) is 11.8 Å². The van der Waals surface area contributed by atoms with E-state index in [2.05, 4.69) is 25.7 Å². The second kappa shape index (κ2) is 7.11. The third-order valence-corrected chi connectivity index (χ3v) is 4.75. The van der Waals surface area contributed by atoms with Crippen LogP contribution in [0.1, 0.15) is 48.2 Å². The lowest BCUT2D eigenvalue weighted by Crippen LogP contribution is -2.41. The fraction of sp³-hybridized carbons (Fsp3) is 0.318. The number of piperidine rings is 1. The number of benzene rings is 2. The minimum atomic E-state index is -0.324. The van der Waals surface area contributed by atoms with E-state index in [4.69, 9.17) is 0 Å². The van der Waals surface area contributed by atoms with Gasteiger partial charge >= 0.3 is 0 Å². The summed E-state index contributed by atoms with van der Waals surface area (Å²) in [7, 11) is 0. The standard InChI is InChI=1S/C22H22FNO/c1-22(2)13-15-24(16-14-22)21(25)19-11-8-17(9-12-19)7-10-18-5-3-4-6-20(18)23/h3-6,8-9,11-12H,13-16H2,1-2H3. The summed E-state index contributed by atoms with van der Waals surface area (Å²) in [6, 6.07) is 13.7. The van der Waals surface area contributed by atoms with Crippen LogP contribution in [0.3, 0.4) is 0 Å². The molecule has 25 heavy (non-hydrogen) atoms. The third kappa shape index (κ3) is 4.28. The minimum absolute atomic E-state index is 0.0733. The van der Waals surface area contributed by atoms with E-state index in [0.717, 1.165) is 31.5 Å². The summed E-state index contributed by atoms with van der Waals surface area (Å²) >= 11 is 0. The molecule has 1 aliphatic rings. The van der Waals surface area contributed by atoms with Crippen LogP contribution in [0.5, 0.6) is 0 Å². The highest BCUT2D eigenvalue weighted by Crippen LogP contribution is 2.30. The lowest BCUT2D eigenvalue weighted by Gasteiger charge is -2.36. The molecular weight excluding hydrogens is 313 g/mol. The number of likely N-dealkylation sites (tertiary alicyclic amines) is 1. The van der Waals surface area contributed by atoms with Crippen LogP contribution in [-0.2, 0) is 0 Å². The first kappa shape index (κ1) is 17.2. The van der Waals surface area contributed by atoms with Gasteiger partial charge in [0.25, 0.3) is 5.91 Å². The maximum atomic E-state index is 13.6. The minimum Gasteiger partial charge on any atom is -0.339 e. The second-order valence-electron chi connectivity index (χ2n) is 7.26. The molecule has 0 aromatic heterocycles. The Balaban J connectivity index is 1.69. The molecule has 0 saturated carbocycles. The van der Waals surface area contributed by atoms with Crippen LogP contribution in [0.25, 0.3) is 0 Å². The number of halogens is 1. The maximum Gasteiger partial charge on any atom is 0.253 e. The summed E-state index contributed by atoms with van der Waals surface area (Å²) in [6.45, 7) is 6.11. The number of hydrogen-bond donors (Lipinski definition) is 0. The van der Waals surface area contributed by atoms with E-state index in [-0.39, 0.29) is 11.7 Å². The monoisotopic (exact) mass is 335 g/mol. The maximum absolute atomic E-state index is 13.6. The molecule has 0 radical (unpaired) electrons. The van der Waals surface area contributed by atoms with Crippen LogP contribution in [0.15, 0.2) is 48.5 Å². The van der Waals surface area contributed by atoms with Crippen LogP contribution in [-0.4, -0.2) is 23.9 Å². The number of carbonyl (C=O) groups excluding carboxylic acids is 1. The first-order chi connectivity index (χ1) is 11.9. The van der Waals surface area contributed by atoms with E-state index in [1.807, 2.05) is 17.0 Å². The molecule has 0 atom stereocenters. The first-order valence-corrected chi connectivity index (χ1v) is 8.60. The lowest BCUT2D eigenvalue weighted by molar-refractivity contribution is 0.0630. The van der Waals surface area contributed by atoms with Crippen LogP contribution in [0.4, 0.5) is 4.39 Å². The van der Waals surface area contributed by atoms with Gasteiger partial charge in [-0.05, 0) is 54.7 Å². The number of rotatable bonds is 1. The van der Waals surface area contributed by atoms with E-state index in [0.29, 0.717) is 16.5 Å². The first-order valence-electron chi connectivity index (χ1n) is 8.60. The van der Waals surface area contributed by atoms with Gasteiger partial charge in [0.1, 0.15) is 5.82 Å². The molecule has 128 valence electrons. The Kier molecular flexibility index (Phi) is 4.90. The molecule has 0 unspecified atom stereocenters. The predicted molar refractivity (Wildman–Crippen MR) is 97.7 cm³/mol. The molecule has 1 heterocycles. The summed E-state index contributed by atoms with van der Waals surface area (Å²) in [6.07, 6.45) is 2.07. The van der Waals surface area contributed by atoms with Gasteiger partial charge in [0.15, 0.2) is 0 Å². The molecule has 3 heteroatoms. The van der Waals surface area contributed by atoms with Gasteiger partial charge in [-0.1, -0.05) is 37.8 Å². The molecule has 3 rings (SSSR count). The molecule has 2 nitrogen and oxygen atoms in total. The fourth-order valence-electron chi connectivity index (χ4n) is 2.90. The normalized spacial score (nSPS) is 16.0. The average molecular weight is 335 g/mol. The van der Waals surface area contributed by atoms with Gasteiger partial charge in [0.05, 0.1) is 5.56 Å². The Hall–Kier alpha value is -2.60. The van der Waals surface area contributed by atoms with E-state index in [9.17, 15) is 9.18 Å². The summed E-state index contributed by atoms with van der Waals surface area (Å²) < 4.78 is 13.6. The highest BCUT2D eigenvalue weighted by molar-refractivity contribution is 5.94. The average Bonchev–Trinajstić information content (AvgIpc) is 2.61. The molecule has 1 aliphatic heterocycles. The molecular formula is C22H22FNO. The molecule has 2 aromatic carbocycles. The predicted octanol–water partition coefficient (Wildman–Crippen LogP) is 4.49. The zero-order valence-electron chi connectivity index (χ0n) is 14.7. The van der Waals surface area contributed by atoms with Crippen LogP contribution in [0.2, 0.25) is 0 Å². The second-order valence-corrected chi connectivity index (χ2v) is 7.26. The van der Waals surface area contributed by atoms with Crippen LogP contribution < -0.4 is 0 Å². The molecule has 0 bridgehead atoms. The van der Waals surface area contributed by atoms with E-state index < -0.39 is 0 Å². The van der Waals surface area contributed by atoms with Crippen molar-refractivity contribution in [3.63, 3.8) is 0 Å². The third-order valence-electron chi connectivity index (χ3n) is 4.75. The summed E-state index contributed by atoms with van der Waals surface area (Å²) in [5.41, 5.74) is 2.14. The molecule has 0 N–H and O–H groups in total. The van der Waals surface area contributed by atoms with Crippen molar-refractivity contribution in [1.82, 2.24) is 4.90 Å². The molecule has 1 fully saturated rings. The quantitative estimate of drug-likeness (QED) is 0.703. The molecule has 0 spiro atoms. The zero-order valence-corrected chi connectivity index (χ0v) is 14.7. The Morgan fingerprint density at radius 3 is 2.28 bits per heavy atom. The molecule has 2 aromatic rings. The Labute approximate surface area is 148 Å². The highest BCUT2D eigenvalue weighted by atomic mass is 19.1. The van der Waals surface area contributed by atoms with Gasteiger partial charge in [-0.25, -0.2) is 4.39 Å². The van der Waals surface area contributed by atoms with E-state index >= 15 is 0 Å². The van der Waals surface area contributed by atoms with Crippen molar-refractivity contribution in [2.24, 2.45) is 5.41 Å². The number of carbonyl (C=O) groups is 1. The van der Waals surface area contributed by atoms with Crippen molar-refractivity contribution in [2.45, 2.75) is 26.7 Å². The zero-order chi connectivity index (χ0) is 17.9. The van der Waals surface area contributed by atoms with Gasteiger partial charge in [-0.3, -0.25) is 4.79 Å². The van der Waals surface area contributed by atoms with Gasteiger partial charge in [-0.2, -0.15) is 0 Å². The van der Waals surface area contributed by atoms with Crippen molar-refractivity contribution in [1.29, 1.82) is 0 Å². The Morgan fingerprint density at radius 1 is 1.00 bits per heavy atom. The molecule has 1 saturated heterocycles. The van der Waals surface area contributed by atoms with Gasteiger partial charge in [0, 0.05) is 24.2 Å². The Bertz CT molecular complexity index is 817. The fourth-order valence-corrected chi connectivity index (χ4v) is 2.90. The van der Waals surface area contributed by atoms with Crippen molar-refractivity contribution in [2.75, 3.05) is 13.1 Å². The van der Waals surface area contributed by atoms with E-state index in [1.165, 1.54) is 6.07 Å². The topological polar surface area (TPSA) is 20.3 Å². The van der Waals surface area contributed by atoms with Crippen LogP contribution in [0, 0.1) is 23.1 Å². The van der Waals surface area contributed by atoms with Gasteiger partial charge in [-0.15, -0.1) is 0 Å². The summed E-state index contributed by atoms with van der Waals surface area (Å²) in [5.74, 6) is 5.52. The SMILES string of the molecule is CC1(C)CCN(C(=O)c2ccc(C#Cc3ccccc3F)cc2)CC1. The van der Waals surface area contributed by atoms with Gasteiger partial charge < -0.3 is 4.90 Å². The summed E-state index contributed by atoms with van der Waals surface area (Å²) in [5, 5.41) is 0. The number of nitrogens with zero attached hydrogens (tertiary/aromatic N) is 1. The largest absolute Gasteiger partial charge is 0.339 e. The highest BCUT2D eigenvalue weighted by Gasteiger charge is 2.28. The molecule has 0 aliphatic carbocycles. The van der Waals surface area contributed by atoms with Gasteiger partial charge in [0.2, 0.25) is 0 Å². The van der Waals surface area contributed by atoms with Crippen LogP contribution >= 0.6 is 0 Å². The lowest BCUT2D eigenvalue weighted by atomic mass is 9.82. The number of hydrogen-bond acceptors (Lipinski definition) is 1. The van der Waals surface area contributed by atoms with Crippen molar-refractivity contribution in [3.05, 3.63) is 71.0 Å². The number of amides is 1. The smallest absolute Gasteiger partial charge is 0.253 e. The molecule has 1 amide bonds. The van der Waals surface area contributed by atoms with E-state index in [1.54, 1.807) is 30.3 Å². The summed E-state index contributed by atoms with van der Waals surface area (Å²) in [4.78, 5) is 14.5. The van der Waals surface area contributed by atoms with Crippen molar-refractivity contribution >= 4 is 5.91 Å².